The summed E-state index contributed by atoms with van der Waals surface area (Å²) >= 11 is 0. The summed E-state index contributed by atoms with van der Waals surface area (Å²) in [7, 11) is 0.531. The van der Waals surface area contributed by atoms with Crippen LogP contribution in [-0.2, 0) is 13.8 Å². The fourth-order valence-corrected chi connectivity index (χ4v) is 3.07. The Labute approximate surface area is 112 Å². The number of hydrogen-bond acceptors (Lipinski definition) is 4. The summed E-state index contributed by atoms with van der Waals surface area (Å²) in [5.41, 5.74) is 0. The zero-order valence-electron chi connectivity index (χ0n) is 12.0. The van der Waals surface area contributed by atoms with E-state index in [-0.39, 0.29) is 0 Å². The highest BCUT2D eigenvalue weighted by atomic mass is 31.2. The Kier molecular flexibility index (Phi) is 10.5. The van der Waals surface area contributed by atoms with Crippen LogP contribution < -0.4 is 0 Å². The third-order valence-electron chi connectivity index (χ3n) is 2.14. The lowest BCUT2D eigenvalue weighted by Gasteiger charge is -2.35. The van der Waals surface area contributed by atoms with E-state index in [1.807, 2.05) is 0 Å². The fourth-order valence-electron chi connectivity index (χ4n) is 1.51. The Hall–Kier alpha value is -0.240. The second kappa shape index (κ2) is 10.7. The lowest BCUT2D eigenvalue weighted by atomic mass is 10.3. The maximum atomic E-state index is 6.77. The Morgan fingerprint density at radius 2 is 1.61 bits per heavy atom. The zero-order valence-corrected chi connectivity index (χ0v) is 12.9. The highest BCUT2D eigenvalue weighted by Gasteiger charge is 2.27. The number of hydrogen-bond donors (Lipinski definition) is 0. The minimum absolute atomic E-state index is 0.339. The SMILES string of the molecule is [C-]#[N+]CCOP(OCCOC)N(C(C)C)C(C)C. The number of rotatable bonds is 10. The molecule has 0 radical (unpaired) electrons. The first kappa shape index (κ1) is 17.8. The third kappa shape index (κ3) is 7.25. The Balaban J connectivity index is 4.44. The highest BCUT2D eigenvalue weighted by molar-refractivity contribution is 7.44. The van der Waals surface area contributed by atoms with Gasteiger partial charge in [0.2, 0.25) is 6.54 Å². The molecule has 0 aliphatic carbocycles. The minimum Gasteiger partial charge on any atom is -0.382 e. The molecule has 0 amide bonds. The van der Waals surface area contributed by atoms with Gasteiger partial charge >= 0.3 is 0 Å². The van der Waals surface area contributed by atoms with Crippen LogP contribution in [0.5, 0.6) is 0 Å². The van der Waals surface area contributed by atoms with Crippen molar-refractivity contribution in [2.45, 2.75) is 39.8 Å². The summed E-state index contributed by atoms with van der Waals surface area (Å²) < 4.78 is 18.7. The van der Waals surface area contributed by atoms with Gasteiger partial charge in [-0.3, -0.25) is 0 Å². The molecule has 1 atom stereocenters. The van der Waals surface area contributed by atoms with Crippen molar-refractivity contribution in [1.29, 1.82) is 0 Å². The van der Waals surface area contributed by atoms with Crippen molar-refractivity contribution >= 4 is 8.53 Å². The lowest BCUT2D eigenvalue weighted by molar-refractivity contribution is 0.121. The van der Waals surface area contributed by atoms with Crippen molar-refractivity contribution in [3.63, 3.8) is 0 Å². The first-order valence-electron chi connectivity index (χ1n) is 6.21. The van der Waals surface area contributed by atoms with Crippen molar-refractivity contribution in [2.75, 3.05) is 33.5 Å². The molecule has 0 aromatic rings. The van der Waals surface area contributed by atoms with Crippen molar-refractivity contribution in [3.8, 4) is 0 Å². The van der Waals surface area contributed by atoms with E-state index in [1.165, 1.54) is 0 Å². The molecule has 0 aromatic heterocycles. The normalized spacial score (nSPS) is 13.3. The van der Waals surface area contributed by atoms with E-state index in [0.29, 0.717) is 38.4 Å². The van der Waals surface area contributed by atoms with Crippen molar-refractivity contribution < 1.29 is 13.8 Å². The maximum absolute atomic E-state index is 6.77. The van der Waals surface area contributed by atoms with Crippen molar-refractivity contribution in [1.82, 2.24) is 4.67 Å². The quantitative estimate of drug-likeness (QED) is 0.349. The molecule has 0 fully saturated rings. The van der Waals surface area contributed by atoms with Crippen molar-refractivity contribution in [2.24, 2.45) is 0 Å². The lowest BCUT2D eigenvalue weighted by Crippen LogP contribution is -2.34. The van der Waals surface area contributed by atoms with Gasteiger partial charge in [0.15, 0.2) is 0 Å². The standard InChI is InChI=1S/C12H25N2O3P/c1-11(2)14(12(3)4)18(16-8-7-13-5)17-10-9-15-6/h11-12H,7-10H2,1-4,6H3. The van der Waals surface area contributed by atoms with Crippen LogP contribution in [0.1, 0.15) is 27.7 Å². The average Bonchev–Trinajstić information content (AvgIpc) is 2.28. The predicted molar refractivity (Wildman–Crippen MR) is 74.3 cm³/mol. The second-order valence-corrected chi connectivity index (χ2v) is 5.80. The predicted octanol–water partition coefficient (Wildman–Crippen LogP) is 2.93. The van der Waals surface area contributed by atoms with Gasteiger partial charge in [0.25, 0.3) is 8.53 Å². The van der Waals surface area contributed by atoms with Gasteiger partial charge in [-0.1, -0.05) is 0 Å². The van der Waals surface area contributed by atoms with Gasteiger partial charge in [0.05, 0.1) is 13.2 Å². The van der Waals surface area contributed by atoms with Gasteiger partial charge in [-0.25, -0.2) is 11.2 Å². The first-order valence-corrected chi connectivity index (χ1v) is 7.34. The van der Waals surface area contributed by atoms with Gasteiger partial charge < -0.3 is 18.6 Å². The molecule has 0 heterocycles. The molecule has 0 rings (SSSR count). The summed E-state index contributed by atoms with van der Waals surface area (Å²) in [6.07, 6.45) is 0. The number of methoxy groups -OCH3 is 1. The molecule has 0 aromatic carbocycles. The Bertz CT molecular complexity index is 236. The first-order chi connectivity index (χ1) is 8.54. The summed E-state index contributed by atoms with van der Waals surface area (Å²) in [5, 5.41) is 0. The summed E-state index contributed by atoms with van der Waals surface area (Å²) in [5.74, 6) is 0. The molecule has 0 spiro atoms. The van der Waals surface area contributed by atoms with E-state index in [1.54, 1.807) is 7.11 Å². The molecule has 0 aliphatic heterocycles. The second-order valence-electron chi connectivity index (χ2n) is 4.35. The molecule has 106 valence electrons. The summed E-state index contributed by atoms with van der Waals surface area (Å²) in [4.78, 5) is 3.29. The molecule has 0 saturated carbocycles. The average molecular weight is 276 g/mol. The third-order valence-corrected chi connectivity index (χ3v) is 4.25. The molecule has 0 saturated heterocycles. The molecular formula is C12H25N2O3P. The van der Waals surface area contributed by atoms with E-state index < -0.39 is 8.53 Å². The smallest absolute Gasteiger partial charge is 0.259 e. The summed E-state index contributed by atoms with van der Waals surface area (Å²) in [6, 6.07) is 0.679. The van der Waals surface area contributed by atoms with Crippen molar-refractivity contribution in [3.05, 3.63) is 11.4 Å². The molecule has 5 nitrogen and oxygen atoms in total. The largest absolute Gasteiger partial charge is 0.382 e. The van der Waals surface area contributed by atoms with Gasteiger partial charge in [-0.15, -0.1) is 0 Å². The Morgan fingerprint density at radius 3 is 2.06 bits per heavy atom. The van der Waals surface area contributed by atoms with E-state index in [4.69, 9.17) is 20.4 Å². The molecule has 0 N–H and O–H groups in total. The number of nitrogens with zero attached hydrogens (tertiary/aromatic N) is 2. The molecule has 6 heteroatoms. The molecular weight excluding hydrogens is 251 g/mol. The zero-order chi connectivity index (χ0) is 14.0. The Morgan fingerprint density at radius 1 is 1.06 bits per heavy atom. The van der Waals surface area contributed by atoms with Gasteiger partial charge in [-0.2, -0.15) is 0 Å². The molecule has 18 heavy (non-hydrogen) atoms. The molecule has 0 aliphatic rings. The van der Waals surface area contributed by atoms with Crippen LogP contribution in [0.3, 0.4) is 0 Å². The van der Waals surface area contributed by atoms with Gasteiger partial charge in [0, 0.05) is 19.2 Å². The van der Waals surface area contributed by atoms with E-state index in [9.17, 15) is 0 Å². The van der Waals surface area contributed by atoms with Crippen LogP contribution in [0, 0.1) is 6.57 Å². The van der Waals surface area contributed by atoms with E-state index >= 15 is 0 Å². The topological polar surface area (TPSA) is 35.3 Å². The fraction of sp³-hybridized carbons (Fsp3) is 0.917. The monoisotopic (exact) mass is 276 g/mol. The van der Waals surface area contributed by atoms with E-state index in [2.05, 4.69) is 37.2 Å². The van der Waals surface area contributed by atoms with Crippen LogP contribution in [0.2, 0.25) is 0 Å². The number of ether oxygens (including phenoxy) is 1. The van der Waals surface area contributed by atoms with E-state index in [0.717, 1.165) is 0 Å². The van der Waals surface area contributed by atoms with Crippen LogP contribution in [-0.4, -0.2) is 50.2 Å². The van der Waals surface area contributed by atoms with Crippen LogP contribution in [0.4, 0.5) is 0 Å². The molecule has 1 unspecified atom stereocenters. The van der Waals surface area contributed by atoms with Crippen LogP contribution in [0.25, 0.3) is 4.85 Å². The van der Waals surface area contributed by atoms with Gasteiger partial charge in [0.1, 0.15) is 6.61 Å². The van der Waals surface area contributed by atoms with Crippen LogP contribution >= 0.6 is 8.53 Å². The van der Waals surface area contributed by atoms with Crippen LogP contribution in [0.15, 0.2) is 0 Å². The maximum Gasteiger partial charge on any atom is 0.259 e. The summed E-state index contributed by atoms with van der Waals surface area (Å²) in [6.45, 7) is 17.1. The van der Waals surface area contributed by atoms with Gasteiger partial charge in [-0.05, 0) is 27.7 Å². The highest BCUT2D eigenvalue weighted by Crippen LogP contribution is 2.45. The minimum atomic E-state index is -1.12. The molecule has 0 bridgehead atoms.